The first kappa shape index (κ1) is 9.85. The highest BCUT2D eigenvalue weighted by Gasteiger charge is 2.20. The van der Waals surface area contributed by atoms with Crippen LogP contribution < -0.4 is 0 Å². The molecule has 2 aromatic rings. The quantitative estimate of drug-likeness (QED) is 0.782. The van der Waals surface area contributed by atoms with Gasteiger partial charge in [-0.1, -0.05) is 6.07 Å². The van der Waals surface area contributed by atoms with Crippen molar-refractivity contribution >= 4 is 10.9 Å². The standard InChI is InChI=1S/C13H14FNO/c14-11-4-1-5-12-13(11)10(7-15-12)9-3-2-6-16-8-9/h1,4-5,7,9,15H,2-3,6,8H2. The van der Waals surface area contributed by atoms with E-state index < -0.39 is 0 Å². The minimum Gasteiger partial charge on any atom is -0.381 e. The van der Waals surface area contributed by atoms with Crippen LogP contribution in [0.25, 0.3) is 10.9 Å². The van der Waals surface area contributed by atoms with Crippen LogP contribution in [0.1, 0.15) is 24.3 Å². The molecule has 16 heavy (non-hydrogen) atoms. The van der Waals surface area contributed by atoms with Gasteiger partial charge in [-0.15, -0.1) is 0 Å². The molecule has 1 unspecified atom stereocenters. The van der Waals surface area contributed by atoms with Crippen LogP contribution in [0, 0.1) is 5.82 Å². The number of rotatable bonds is 1. The van der Waals surface area contributed by atoms with Crippen molar-refractivity contribution in [3.63, 3.8) is 0 Å². The SMILES string of the molecule is Fc1cccc2[nH]cc(C3CCCOC3)c12. The van der Waals surface area contributed by atoms with Crippen molar-refractivity contribution in [1.29, 1.82) is 0 Å². The van der Waals surface area contributed by atoms with Gasteiger partial charge in [-0.05, 0) is 30.5 Å². The number of H-pyrrole nitrogens is 1. The molecule has 0 aliphatic carbocycles. The maximum atomic E-state index is 13.8. The Balaban J connectivity index is 2.09. The first-order valence-corrected chi connectivity index (χ1v) is 5.69. The van der Waals surface area contributed by atoms with Crippen LogP contribution in [0.5, 0.6) is 0 Å². The van der Waals surface area contributed by atoms with E-state index in [0.29, 0.717) is 12.5 Å². The second kappa shape index (κ2) is 3.91. The third-order valence-corrected chi connectivity index (χ3v) is 3.29. The lowest BCUT2D eigenvalue weighted by atomic mass is 9.93. The summed E-state index contributed by atoms with van der Waals surface area (Å²) in [6.45, 7) is 1.54. The van der Waals surface area contributed by atoms with Crippen molar-refractivity contribution in [2.24, 2.45) is 0 Å². The minimum atomic E-state index is -0.140. The summed E-state index contributed by atoms with van der Waals surface area (Å²) in [6, 6.07) is 5.16. The van der Waals surface area contributed by atoms with Crippen LogP contribution in [-0.4, -0.2) is 18.2 Å². The number of hydrogen-bond acceptors (Lipinski definition) is 1. The van der Waals surface area contributed by atoms with Gasteiger partial charge in [0.25, 0.3) is 0 Å². The fourth-order valence-electron chi connectivity index (χ4n) is 2.47. The third-order valence-electron chi connectivity index (χ3n) is 3.29. The summed E-state index contributed by atoms with van der Waals surface area (Å²) < 4.78 is 19.2. The van der Waals surface area contributed by atoms with Crippen LogP contribution in [0.2, 0.25) is 0 Å². The molecule has 0 bridgehead atoms. The molecule has 0 saturated carbocycles. The predicted molar refractivity (Wildman–Crippen MR) is 61.1 cm³/mol. The number of aromatic amines is 1. The zero-order valence-corrected chi connectivity index (χ0v) is 9.00. The summed E-state index contributed by atoms with van der Waals surface area (Å²) in [7, 11) is 0. The van der Waals surface area contributed by atoms with Crippen LogP contribution >= 0.6 is 0 Å². The number of hydrogen-bond donors (Lipinski definition) is 1. The Morgan fingerprint density at radius 1 is 1.38 bits per heavy atom. The molecule has 0 amide bonds. The molecule has 84 valence electrons. The topological polar surface area (TPSA) is 25.0 Å². The predicted octanol–water partition coefficient (Wildman–Crippen LogP) is 3.20. The molecule has 1 aliphatic heterocycles. The number of nitrogens with one attached hydrogen (secondary N) is 1. The van der Waals surface area contributed by atoms with Crippen molar-refractivity contribution in [2.45, 2.75) is 18.8 Å². The first-order chi connectivity index (χ1) is 7.86. The average molecular weight is 219 g/mol. The molecule has 2 heterocycles. The Hall–Kier alpha value is -1.35. The van der Waals surface area contributed by atoms with Gasteiger partial charge in [0, 0.05) is 29.6 Å². The molecule has 1 fully saturated rings. The van der Waals surface area contributed by atoms with E-state index in [1.54, 1.807) is 6.07 Å². The highest BCUT2D eigenvalue weighted by Crippen LogP contribution is 2.32. The Kier molecular flexibility index (Phi) is 2.40. The molecular formula is C13H14FNO. The maximum absolute atomic E-state index is 13.8. The number of aromatic nitrogens is 1. The monoisotopic (exact) mass is 219 g/mol. The number of fused-ring (bicyclic) bond motifs is 1. The van der Waals surface area contributed by atoms with Gasteiger partial charge in [-0.2, -0.15) is 0 Å². The molecule has 3 rings (SSSR count). The summed E-state index contributed by atoms with van der Waals surface area (Å²) in [6.07, 6.45) is 4.07. The van der Waals surface area contributed by atoms with Crippen LogP contribution in [-0.2, 0) is 4.74 Å². The van der Waals surface area contributed by atoms with E-state index in [1.165, 1.54) is 6.07 Å². The summed E-state index contributed by atoms with van der Waals surface area (Å²) in [4.78, 5) is 3.13. The summed E-state index contributed by atoms with van der Waals surface area (Å²) >= 11 is 0. The molecule has 1 N–H and O–H groups in total. The van der Waals surface area contributed by atoms with E-state index in [4.69, 9.17) is 4.74 Å². The fourth-order valence-corrected chi connectivity index (χ4v) is 2.47. The molecule has 0 radical (unpaired) electrons. The van der Waals surface area contributed by atoms with Gasteiger partial charge in [-0.3, -0.25) is 0 Å². The van der Waals surface area contributed by atoms with Crippen molar-refractivity contribution < 1.29 is 9.13 Å². The Morgan fingerprint density at radius 2 is 2.31 bits per heavy atom. The Bertz CT molecular complexity index is 500. The molecule has 2 nitrogen and oxygen atoms in total. The summed E-state index contributed by atoms with van der Waals surface area (Å²) in [5, 5.41) is 0.734. The van der Waals surface area contributed by atoms with Crippen LogP contribution in [0.3, 0.4) is 0 Å². The van der Waals surface area contributed by atoms with E-state index in [0.717, 1.165) is 35.9 Å². The second-order valence-electron chi connectivity index (χ2n) is 4.32. The van der Waals surface area contributed by atoms with E-state index in [1.807, 2.05) is 12.3 Å². The van der Waals surface area contributed by atoms with Gasteiger partial charge < -0.3 is 9.72 Å². The number of halogens is 1. The smallest absolute Gasteiger partial charge is 0.132 e. The largest absolute Gasteiger partial charge is 0.381 e. The summed E-state index contributed by atoms with van der Waals surface area (Å²) in [5.74, 6) is 0.193. The fraction of sp³-hybridized carbons (Fsp3) is 0.385. The average Bonchev–Trinajstić information content (AvgIpc) is 2.75. The third kappa shape index (κ3) is 1.52. The van der Waals surface area contributed by atoms with Crippen molar-refractivity contribution in [2.75, 3.05) is 13.2 Å². The molecule has 1 aromatic carbocycles. The van der Waals surface area contributed by atoms with E-state index in [-0.39, 0.29) is 5.82 Å². The first-order valence-electron chi connectivity index (χ1n) is 5.69. The molecule has 3 heteroatoms. The van der Waals surface area contributed by atoms with Crippen molar-refractivity contribution in [3.8, 4) is 0 Å². The lowest BCUT2D eigenvalue weighted by Gasteiger charge is -2.21. The molecule has 1 aromatic heterocycles. The lowest BCUT2D eigenvalue weighted by molar-refractivity contribution is 0.0808. The van der Waals surface area contributed by atoms with Gasteiger partial charge in [0.15, 0.2) is 0 Å². The van der Waals surface area contributed by atoms with E-state index in [9.17, 15) is 4.39 Å². The lowest BCUT2D eigenvalue weighted by Crippen LogP contribution is -2.15. The highest BCUT2D eigenvalue weighted by atomic mass is 19.1. The molecule has 0 spiro atoms. The number of benzene rings is 1. The van der Waals surface area contributed by atoms with Crippen LogP contribution in [0.4, 0.5) is 4.39 Å². The van der Waals surface area contributed by atoms with Crippen molar-refractivity contribution in [3.05, 3.63) is 35.8 Å². The highest BCUT2D eigenvalue weighted by molar-refractivity contribution is 5.84. The van der Waals surface area contributed by atoms with E-state index in [2.05, 4.69) is 4.98 Å². The molecular weight excluding hydrogens is 205 g/mol. The van der Waals surface area contributed by atoms with Gasteiger partial charge in [-0.25, -0.2) is 4.39 Å². The van der Waals surface area contributed by atoms with Gasteiger partial charge in [0.1, 0.15) is 5.82 Å². The Morgan fingerprint density at radius 3 is 3.12 bits per heavy atom. The van der Waals surface area contributed by atoms with Gasteiger partial charge in [0.05, 0.1) is 6.61 Å². The zero-order chi connectivity index (χ0) is 11.0. The normalized spacial score (nSPS) is 21.4. The number of ether oxygens (including phenoxy) is 1. The molecule has 1 aliphatic rings. The van der Waals surface area contributed by atoms with E-state index >= 15 is 0 Å². The second-order valence-corrected chi connectivity index (χ2v) is 4.32. The minimum absolute atomic E-state index is 0.140. The van der Waals surface area contributed by atoms with Gasteiger partial charge >= 0.3 is 0 Å². The Labute approximate surface area is 93.4 Å². The molecule has 1 saturated heterocycles. The zero-order valence-electron chi connectivity index (χ0n) is 9.00. The van der Waals surface area contributed by atoms with Crippen LogP contribution in [0.15, 0.2) is 24.4 Å². The molecule has 1 atom stereocenters. The summed E-state index contributed by atoms with van der Waals surface area (Å²) in [5.41, 5.74) is 1.94. The van der Waals surface area contributed by atoms with Gasteiger partial charge in [0.2, 0.25) is 0 Å². The van der Waals surface area contributed by atoms with Crippen molar-refractivity contribution in [1.82, 2.24) is 4.98 Å². The maximum Gasteiger partial charge on any atom is 0.132 e.